The number of nitrogens with zero attached hydrogens (tertiary/aromatic N) is 1. The molecule has 2 amide bonds. The van der Waals surface area contributed by atoms with Crippen molar-refractivity contribution in [2.75, 3.05) is 27.2 Å². The van der Waals surface area contributed by atoms with Crippen molar-refractivity contribution in [1.29, 1.82) is 0 Å². The highest BCUT2D eigenvalue weighted by atomic mass is 35.5. The minimum atomic E-state index is -0.327. The summed E-state index contributed by atoms with van der Waals surface area (Å²) in [5, 5.41) is 6.18. The predicted octanol–water partition coefficient (Wildman–Crippen LogP) is 5.06. The maximum atomic E-state index is 12.6. The van der Waals surface area contributed by atoms with Crippen molar-refractivity contribution >= 4 is 64.0 Å². The number of carbonyl (C=O) groups excluding carboxylic acids is 2. The molecular weight excluding hydrogens is 393 g/mol. The number of carbonyl (C=O) groups is 2. The highest BCUT2D eigenvalue weighted by Gasteiger charge is 2.17. The van der Waals surface area contributed by atoms with E-state index in [2.05, 4.69) is 14.9 Å². The first-order valence-corrected chi connectivity index (χ1v) is 9.72. The Labute approximate surface area is 166 Å². The Morgan fingerprint density at radius 1 is 1.08 bits per heavy atom. The lowest BCUT2D eigenvalue weighted by Crippen LogP contribution is -2.14. The van der Waals surface area contributed by atoms with Crippen molar-refractivity contribution in [2.45, 2.75) is 13.3 Å². The molecule has 0 spiro atoms. The standard InChI is InChI=1S/C18H17Cl2N3O2S/c1-11(24)21-17-9-12(3-6-15(17)19)22-18(25)14-5-4-13(10-16(14)20)23-7-2-8-26-23/h3-6,9-10H,2,7-8H2,1H3,(H,21,24)(H,22,25). The van der Waals surface area contributed by atoms with Crippen LogP contribution in [0.15, 0.2) is 36.4 Å². The van der Waals surface area contributed by atoms with Crippen LogP contribution in [0.1, 0.15) is 23.7 Å². The molecule has 0 aliphatic carbocycles. The Balaban J connectivity index is 1.76. The number of hydrogen-bond acceptors (Lipinski definition) is 4. The van der Waals surface area contributed by atoms with Gasteiger partial charge < -0.3 is 14.9 Å². The first kappa shape index (κ1) is 18.9. The fourth-order valence-corrected chi connectivity index (χ4v) is 4.01. The number of rotatable bonds is 4. The van der Waals surface area contributed by atoms with Crippen molar-refractivity contribution in [1.82, 2.24) is 0 Å². The number of amides is 2. The van der Waals surface area contributed by atoms with Gasteiger partial charge in [-0.05, 0) is 54.8 Å². The topological polar surface area (TPSA) is 61.4 Å². The van der Waals surface area contributed by atoms with Gasteiger partial charge in [-0.1, -0.05) is 23.2 Å². The summed E-state index contributed by atoms with van der Waals surface area (Å²) in [6, 6.07) is 10.3. The van der Waals surface area contributed by atoms with Crippen molar-refractivity contribution in [2.24, 2.45) is 0 Å². The zero-order valence-corrected chi connectivity index (χ0v) is 16.3. The van der Waals surface area contributed by atoms with Crippen LogP contribution in [-0.2, 0) is 4.79 Å². The molecule has 1 aliphatic heterocycles. The molecule has 2 N–H and O–H groups in total. The minimum absolute atomic E-state index is 0.242. The Kier molecular flexibility index (Phi) is 5.96. The third-order valence-corrected chi connectivity index (χ3v) is 5.59. The van der Waals surface area contributed by atoms with Crippen LogP contribution < -0.4 is 14.9 Å². The quantitative estimate of drug-likeness (QED) is 0.692. The monoisotopic (exact) mass is 409 g/mol. The zero-order valence-electron chi connectivity index (χ0n) is 14.0. The van der Waals surface area contributed by atoms with Gasteiger partial charge in [-0.3, -0.25) is 9.59 Å². The largest absolute Gasteiger partial charge is 0.325 e. The van der Waals surface area contributed by atoms with Crippen molar-refractivity contribution in [3.63, 3.8) is 0 Å². The molecular formula is C18H17Cl2N3O2S. The molecule has 2 aromatic carbocycles. The third-order valence-electron chi connectivity index (χ3n) is 3.77. The van der Waals surface area contributed by atoms with Crippen LogP contribution in [0, 0.1) is 0 Å². The van der Waals surface area contributed by atoms with Crippen LogP contribution in [0.3, 0.4) is 0 Å². The lowest BCUT2D eigenvalue weighted by atomic mass is 10.1. The first-order chi connectivity index (χ1) is 12.4. The van der Waals surface area contributed by atoms with Crippen molar-refractivity contribution in [3.05, 3.63) is 52.0 Å². The summed E-state index contributed by atoms with van der Waals surface area (Å²) in [6.07, 6.45) is 1.14. The molecule has 3 rings (SSSR count). The summed E-state index contributed by atoms with van der Waals surface area (Å²) >= 11 is 14.1. The molecule has 5 nitrogen and oxygen atoms in total. The lowest BCUT2D eigenvalue weighted by molar-refractivity contribution is -0.114. The summed E-state index contributed by atoms with van der Waals surface area (Å²) in [7, 11) is 0. The molecule has 2 aromatic rings. The van der Waals surface area contributed by atoms with Gasteiger partial charge in [-0.2, -0.15) is 0 Å². The average Bonchev–Trinajstić information content (AvgIpc) is 3.12. The van der Waals surface area contributed by atoms with Gasteiger partial charge >= 0.3 is 0 Å². The van der Waals surface area contributed by atoms with Gasteiger partial charge in [0.05, 0.1) is 21.3 Å². The average molecular weight is 410 g/mol. The number of halogens is 2. The Morgan fingerprint density at radius 3 is 2.54 bits per heavy atom. The first-order valence-electron chi connectivity index (χ1n) is 8.02. The van der Waals surface area contributed by atoms with Gasteiger partial charge in [0.1, 0.15) is 0 Å². The molecule has 136 valence electrons. The summed E-state index contributed by atoms with van der Waals surface area (Å²) < 4.78 is 2.17. The molecule has 1 heterocycles. The fourth-order valence-electron chi connectivity index (χ4n) is 2.58. The van der Waals surface area contributed by atoms with E-state index < -0.39 is 0 Å². The SMILES string of the molecule is CC(=O)Nc1cc(NC(=O)c2ccc(N3CCCS3)cc2Cl)ccc1Cl. The van der Waals surface area contributed by atoms with Gasteiger partial charge in [-0.25, -0.2) is 0 Å². The molecule has 0 saturated carbocycles. The van der Waals surface area contributed by atoms with Crippen LogP contribution in [-0.4, -0.2) is 24.1 Å². The van der Waals surface area contributed by atoms with Crippen LogP contribution in [0.5, 0.6) is 0 Å². The Hall–Kier alpha value is -1.89. The minimum Gasteiger partial charge on any atom is -0.325 e. The van der Waals surface area contributed by atoms with Gasteiger partial charge in [0.2, 0.25) is 5.91 Å². The van der Waals surface area contributed by atoms with Crippen molar-refractivity contribution in [3.8, 4) is 0 Å². The summed E-state index contributed by atoms with van der Waals surface area (Å²) in [4.78, 5) is 23.8. The second kappa shape index (κ2) is 8.20. The highest BCUT2D eigenvalue weighted by Crippen LogP contribution is 2.32. The highest BCUT2D eigenvalue weighted by molar-refractivity contribution is 8.00. The molecule has 0 bridgehead atoms. The number of anilines is 3. The molecule has 1 aliphatic rings. The van der Waals surface area contributed by atoms with E-state index in [0.29, 0.717) is 27.0 Å². The van der Waals surface area contributed by atoms with Crippen LogP contribution in [0.2, 0.25) is 10.0 Å². The van der Waals surface area contributed by atoms with Crippen molar-refractivity contribution < 1.29 is 9.59 Å². The Bertz CT molecular complexity index is 854. The molecule has 8 heteroatoms. The fraction of sp³-hybridized carbons (Fsp3) is 0.222. The van der Waals surface area contributed by atoms with Gasteiger partial charge in [-0.15, -0.1) is 0 Å². The summed E-state index contributed by atoms with van der Waals surface area (Å²) in [5.74, 6) is 0.521. The van der Waals surface area contributed by atoms with E-state index in [1.54, 1.807) is 42.3 Å². The molecule has 1 fully saturated rings. The molecule has 1 saturated heterocycles. The molecule has 0 atom stereocenters. The zero-order chi connectivity index (χ0) is 18.7. The molecule has 0 radical (unpaired) electrons. The number of hydrogen-bond donors (Lipinski definition) is 2. The van der Waals surface area contributed by atoms with E-state index in [4.69, 9.17) is 23.2 Å². The Morgan fingerprint density at radius 2 is 1.88 bits per heavy atom. The summed E-state index contributed by atoms with van der Waals surface area (Å²) in [6.45, 7) is 2.37. The van der Waals surface area contributed by atoms with Gasteiger partial charge in [0, 0.05) is 30.6 Å². The number of nitrogens with one attached hydrogen (secondary N) is 2. The van der Waals surface area contributed by atoms with E-state index in [1.807, 2.05) is 6.07 Å². The van der Waals surface area contributed by atoms with E-state index >= 15 is 0 Å². The molecule has 0 unspecified atom stereocenters. The smallest absolute Gasteiger partial charge is 0.257 e. The van der Waals surface area contributed by atoms with E-state index in [9.17, 15) is 9.59 Å². The van der Waals surface area contributed by atoms with E-state index in [1.165, 1.54) is 6.92 Å². The van der Waals surface area contributed by atoms with Gasteiger partial charge in [0.25, 0.3) is 5.91 Å². The van der Waals surface area contributed by atoms with Gasteiger partial charge in [0.15, 0.2) is 0 Å². The van der Waals surface area contributed by atoms with Crippen LogP contribution in [0.25, 0.3) is 0 Å². The maximum absolute atomic E-state index is 12.6. The maximum Gasteiger partial charge on any atom is 0.257 e. The van der Waals surface area contributed by atoms with Crippen LogP contribution in [0.4, 0.5) is 17.1 Å². The normalized spacial score (nSPS) is 13.6. The van der Waals surface area contributed by atoms with E-state index in [-0.39, 0.29) is 11.8 Å². The van der Waals surface area contributed by atoms with Crippen LogP contribution >= 0.6 is 35.1 Å². The molecule has 26 heavy (non-hydrogen) atoms. The van der Waals surface area contributed by atoms with E-state index in [0.717, 1.165) is 24.4 Å². The number of benzene rings is 2. The third kappa shape index (κ3) is 4.44. The second-order valence-corrected chi connectivity index (χ2v) is 7.70. The molecule has 0 aromatic heterocycles. The summed E-state index contributed by atoms with van der Waals surface area (Å²) in [5.41, 5.74) is 2.33. The second-order valence-electron chi connectivity index (χ2n) is 5.78. The predicted molar refractivity (Wildman–Crippen MR) is 110 cm³/mol. The lowest BCUT2D eigenvalue weighted by Gasteiger charge is -2.17.